The maximum atomic E-state index is 13.7. The van der Waals surface area contributed by atoms with Crippen LogP contribution in [0.4, 0.5) is 0 Å². The zero-order chi connectivity index (χ0) is 19.9. The number of unbranched alkanes of at least 4 members (excludes halogenated alkanes) is 2. The highest BCUT2D eigenvalue weighted by atomic mass is 32.2. The first-order valence-electron chi connectivity index (χ1n) is 10.2. The Kier molecular flexibility index (Phi) is 5.08. The van der Waals surface area contributed by atoms with Crippen LogP contribution in [0.15, 0.2) is 34.2 Å². The summed E-state index contributed by atoms with van der Waals surface area (Å²) in [4.78, 5) is 18.7. The number of rotatable bonds is 6. The Hall–Kier alpha value is -2.08. The van der Waals surface area contributed by atoms with Gasteiger partial charge in [0.15, 0.2) is 5.16 Å². The van der Waals surface area contributed by atoms with Crippen molar-refractivity contribution in [2.75, 3.05) is 5.75 Å². The van der Waals surface area contributed by atoms with Crippen molar-refractivity contribution in [1.82, 2.24) is 19.2 Å². The minimum absolute atomic E-state index is 0.0391. The quantitative estimate of drug-likeness (QED) is 0.448. The molecule has 0 fully saturated rings. The van der Waals surface area contributed by atoms with Crippen molar-refractivity contribution in [2.45, 2.75) is 70.5 Å². The topological polar surface area (TPSA) is 52.2 Å². The molecule has 0 aliphatic heterocycles. The van der Waals surface area contributed by atoms with Crippen molar-refractivity contribution in [3.05, 3.63) is 45.7 Å². The standard InChI is InChI=1S/C22H28N4OS/c1-5-7-10-13-25-20-23-18-16-12-9-8-11-15(16)14-22(3,4)17(18)19(27)26(20)21(24-25)28-6-2/h8-9,11-12H,5-7,10,13-14H2,1-4H3. The van der Waals surface area contributed by atoms with Gasteiger partial charge < -0.3 is 0 Å². The van der Waals surface area contributed by atoms with Crippen LogP contribution in [0.25, 0.3) is 17.0 Å². The molecule has 0 saturated heterocycles. The Morgan fingerprint density at radius 3 is 2.71 bits per heavy atom. The number of fused-ring (bicyclic) bond motifs is 4. The van der Waals surface area contributed by atoms with Gasteiger partial charge in [-0.25, -0.2) is 14.1 Å². The summed E-state index contributed by atoms with van der Waals surface area (Å²) in [5.74, 6) is 1.54. The van der Waals surface area contributed by atoms with Gasteiger partial charge in [0.1, 0.15) is 0 Å². The molecule has 6 heteroatoms. The molecule has 0 saturated carbocycles. The van der Waals surface area contributed by atoms with E-state index < -0.39 is 0 Å². The SMILES string of the molecule is CCCCCn1nc(SCC)n2c(=O)c3c(nc12)-c1ccccc1CC3(C)C. The van der Waals surface area contributed by atoms with Crippen LogP contribution < -0.4 is 5.56 Å². The lowest BCUT2D eigenvalue weighted by Gasteiger charge is -2.32. The average molecular weight is 397 g/mol. The highest BCUT2D eigenvalue weighted by Gasteiger charge is 2.36. The third-order valence-electron chi connectivity index (χ3n) is 5.52. The maximum absolute atomic E-state index is 13.7. The summed E-state index contributed by atoms with van der Waals surface area (Å²) in [6.07, 6.45) is 4.19. The van der Waals surface area contributed by atoms with Crippen LogP contribution in [0.3, 0.4) is 0 Å². The molecular formula is C22H28N4OS. The zero-order valence-electron chi connectivity index (χ0n) is 17.2. The van der Waals surface area contributed by atoms with Gasteiger partial charge >= 0.3 is 0 Å². The third kappa shape index (κ3) is 3.08. The molecule has 0 amide bonds. The fraction of sp³-hybridized carbons (Fsp3) is 0.500. The summed E-state index contributed by atoms with van der Waals surface area (Å²) in [5, 5.41) is 5.52. The van der Waals surface area contributed by atoms with E-state index in [0.29, 0.717) is 5.78 Å². The molecule has 4 rings (SSSR count). The van der Waals surface area contributed by atoms with Gasteiger partial charge in [-0.3, -0.25) is 4.79 Å². The molecule has 2 aromatic heterocycles. The molecule has 1 aliphatic carbocycles. The lowest BCUT2D eigenvalue weighted by Crippen LogP contribution is -2.36. The Labute approximate surface area is 170 Å². The molecular weight excluding hydrogens is 368 g/mol. The largest absolute Gasteiger partial charge is 0.268 e. The van der Waals surface area contributed by atoms with Crippen LogP contribution in [-0.2, 0) is 18.4 Å². The van der Waals surface area contributed by atoms with E-state index in [1.807, 2.05) is 10.7 Å². The molecule has 148 valence electrons. The van der Waals surface area contributed by atoms with E-state index >= 15 is 0 Å². The van der Waals surface area contributed by atoms with Crippen molar-refractivity contribution >= 4 is 17.5 Å². The number of aryl methyl sites for hydroxylation is 1. The van der Waals surface area contributed by atoms with Crippen molar-refractivity contribution in [2.24, 2.45) is 0 Å². The summed E-state index contributed by atoms with van der Waals surface area (Å²) in [6.45, 7) is 9.37. The van der Waals surface area contributed by atoms with E-state index in [1.165, 1.54) is 5.56 Å². The summed E-state index contributed by atoms with van der Waals surface area (Å²) < 4.78 is 3.67. The molecule has 0 atom stereocenters. The van der Waals surface area contributed by atoms with Crippen LogP contribution in [0.2, 0.25) is 0 Å². The Balaban J connectivity index is 2.01. The molecule has 0 spiro atoms. The normalized spacial score (nSPS) is 14.9. The number of nitrogens with zero attached hydrogens (tertiary/aromatic N) is 4. The number of hydrogen-bond donors (Lipinski definition) is 0. The minimum atomic E-state index is -0.257. The van der Waals surface area contributed by atoms with Gasteiger partial charge in [0.2, 0.25) is 5.78 Å². The first kappa shape index (κ1) is 19.2. The Morgan fingerprint density at radius 1 is 1.18 bits per heavy atom. The maximum Gasteiger partial charge on any atom is 0.265 e. The Morgan fingerprint density at radius 2 is 1.96 bits per heavy atom. The van der Waals surface area contributed by atoms with E-state index in [2.05, 4.69) is 45.9 Å². The van der Waals surface area contributed by atoms with Crippen molar-refractivity contribution in [3.63, 3.8) is 0 Å². The highest BCUT2D eigenvalue weighted by molar-refractivity contribution is 7.99. The number of aromatic nitrogens is 4. The molecule has 28 heavy (non-hydrogen) atoms. The third-order valence-corrected chi connectivity index (χ3v) is 6.33. The fourth-order valence-electron chi connectivity index (χ4n) is 4.21. The monoisotopic (exact) mass is 396 g/mol. The molecule has 0 radical (unpaired) electrons. The van der Waals surface area contributed by atoms with Crippen molar-refractivity contribution in [3.8, 4) is 11.3 Å². The average Bonchev–Trinajstić information content (AvgIpc) is 2.99. The van der Waals surface area contributed by atoms with Crippen LogP contribution >= 0.6 is 11.8 Å². The second kappa shape index (κ2) is 7.39. The van der Waals surface area contributed by atoms with Crippen molar-refractivity contribution in [1.29, 1.82) is 0 Å². The smallest absolute Gasteiger partial charge is 0.265 e. The summed E-state index contributed by atoms with van der Waals surface area (Å²) in [7, 11) is 0. The van der Waals surface area contributed by atoms with Gasteiger partial charge in [-0.1, -0.05) is 76.6 Å². The van der Waals surface area contributed by atoms with Gasteiger partial charge in [-0.15, -0.1) is 5.10 Å². The van der Waals surface area contributed by atoms with Gasteiger partial charge in [-0.2, -0.15) is 0 Å². The summed E-state index contributed by atoms with van der Waals surface area (Å²) in [5.41, 5.74) is 3.78. The van der Waals surface area contributed by atoms with Crippen molar-refractivity contribution < 1.29 is 0 Å². The molecule has 0 unspecified atom stereocenters. The molecule has 0 N–H and O–H groups in total. The number of thioether (sulfide) groups is 1. The van der Waals surface area contributed by atoms with E-state index in [1.54, 1.807) is 16.2 Å². The first-order valence-corrected chi connectivity index (χ1v) is 11.2. The molecule has 1 aliphatic rings. The number of benzene rings is 1. The van der Waals surface area contributed by atoms with Gasteiger partial charge in [0.25, 0.3) is 5.56 Å². The fourth-order valence-corrected chi connectivity index (χ4v) is 4.92. The van der Waals surface area contributed by atoms with E-state index in [4.69, 9.17) is 10.1 Å². The second-order valence-corrected chi connectivity index (χ2v) is 9.37. The summed E-state index contributed by atoms with van der Waals surface area (Å²) >= 11 is 1.61. The van der Waals surface area contributed by atoms with Crippen LogP contribution in [0.5, 0.6) is 0 Å². The van der Waals surface area contributed by atoms with Crippen LogP contribution in [-0.4, -0.2) is 24.9 Å². The van der Waals surface area contributed by atoms with Gasteiger partial charge in [-0.05, 0) is 24.2 Å². The Bertz CT molecular complexity index is 1080. The van der Waals surface area contributed by atoms with Crippen LogP contribution in [0.1, 0.15) is 58.1 Å². The van der Waals surface area contributed by atoms with E-state index in [9.17, 15) is 4.79 Å². The predicted molar refractivity (Wildman–Crippen MR) is 115 cm³/mol. The lowest BCUT2D eigenvalue weighted by molar-refractivity contribution is 0.505. The molecule has 5 nitrogen and oxygen atoms in total. The molecule has 0 bridgehead atoms. The lowest BCUT2D eigenvalue weighted by atomic mass is 9.72. The highest BCUT2D eigenvalue weighted by Crippen LogP contribution is 2.40. The van der Waals surface area contributed by atoms with E-state index in [-0.39, 0.29) is 11.0 Å². The number of hydrogen-bond acceptors (Lipinski definition) is 4. The second-order valence-electron chi connectivity index (χ2n) is 8.14. The molecule has 1 aromatic carbocycles. The molecule has 3 aromatic rings. The summed E-state index contributed by atoms with van der Waals surface area (Å²) in [6, 6.07) is 8.34. The van der Waals surface area contributed by atoms with E-state index in [0.717, 1.165) is 60.0 Å². The van der Waals surface area contributed by atoms with Gasteiger partial charge in [0.05, 0.1) is 11.3 Å². The van der Waals surface area contributed by atoms with Gasteiger partial charge in [0, 0.05) is 17.5 Å². The molecule has 2 heterocycles. The predicted octanol–water partition coefficient (Wildman–Crippen LogP) is 4.69. The first-order chi connectivity index (χ1) is 13.5. The minimum Gasteiger partial charge on any atom is -0.268 e. The zero-order valence-corrected chi connectivity index (χ0v) is 18.0. The van der Waals surface area contributed by atoms with Crippen LogP contribution in [0, 0.1) is 0 Å².